The third-order valence-electron chi connectivity index (χ3n) is 4.07. The van der Waals surface area contributed by atoms with Crippen molar-refractivity contribution < 1.29 is 9.47 Å². The van der Waals surface area contributed by atoms with Gasteiger partial charge in [-0.1, -0.05) is 35.7 Å². The lowest BCUT2D eigenvalue weighted by Crippen LogP contribution is -1.90. The molecule has 148 valence electrons. The van der Waals surface area contributed by atoms with Crippen LogP contribution in [-0.2, 0) is 0 Å². The van der Waals surface area contributed by atoms with Crippen molar-refractivity contribution >= 4 is 11.8 Å². The van der Waals surface area contributed by atoms with Gasteiger partial charge in [-0.15, -0.1) is 12.8 Å². The first-order valence-corrected chi connectivity index (χ1v) is 10.1. The molecule has 4 aromatic rings. The van der Waals surface area contributed by atoms with Crippen molar-refractivity contribution in [3.05, 3.63) is 96.3 Å². The quantitative estimate of drug-likeness (QED) is 0.349. The van der Waals surface area contributed by atoms with Crippen LogP contribution in [0.4, 0.5) is 0 Å². The smallest absolute Gasteiger partial charge is 0.220 e. The minimum Gasteiger partial charge on any atom is -0.439 e. The number of terminal acetylenes is 2. The molecule has 0 aliphatic carbocycles. The van der Waals surface area contributed by atoms with Gasteiger partial charge in [0.25, 0.3) is 0 Å². The number of nitrogens with zero attached hydrogens (tertiary/aromatic N) is 2. The maximum Gasteiger partial charge on any atom is 0.220 e. The number of hydrogen-bond donors (Lipinski definition) is 0. The van der Waals surface area contributed by atoms with E-state index in [1.807, 2.05) is 60.7 Å². The molecule has 4 rings (SSSR count). The standard InChI is InChI=1S/C26H16N2O2S/c1-3-19-7-5-9-25(27-19)29-21-11-15-23(16-12-21)31-24-17-13-22(14-18-24)30-26-10-6-8-20(4-2)28-26/h1-2,5-18H. The Labute approximate surface area is 185 Å². The molecule has 0 aliphatic heterocycles. The molecule has 0 unspecified atom stereocenters. The monoisotopic (exact) mass is 420 g/mol. The van der Waals surface area contributed by atoms with Crippen molar-refractivity contribution in [2.24, 2.45) is 0 Å². The van der Waals surface area contributed by atoms with Crippen LogP contribution < -0.4 is 9.47 Å². The summed E-state index contributed by atoms with van der Waals surface area (Å²) in [4.78, 5) is 10.6. The largest absolute Gasteiger partial charge is 0.439 e. The third-order valence-corrected chi connectivity index (χ3v) is 5.09. The Morgan fingerprint density at radius 1 is 0.581 bits per heavy atom. The van der Waals surface area contributed by atoms with E-state index in [1.165, 1.54) is 0 Å². The van der Waals surface area contributed by atoms with Crippen LogP contribution in [-0.4, -0.2) is 9.97 Å². The van der Waals surface area contributed by atoms with Crippen LogP contribution in [0.3, 0.4) is 0 Å². The first-order valence-electron chi connectivity index (χ1n) is 9.33. The number of pyridine rings is 2. The third kappa shape index (κ3) is 5.45. The van der Waals surface area contributed by atoms with Crippen LogP contribution >= 0.6 is 11.8 Å². The maximum absolute atomic E-state index is 5.76. The van der Waals surface area contributed by atoms with Crippen LogP contribution in [0.15, 0.2) is 94.7 Å². The fraction of sp³-hybridized carbons (Fsp3) is 0. The first-order chi connectivity index (χ1) is 15.2. The second kappa shape index (κ2) is 9.54. The van der Waals surface area contributed by atoms with Crippen molar-refractivity contribution in [1.82, 2.24) is 9.97 Å². The van der Waals surface area contributed by atoms with Crippen molar-refractivity contribution in [3.63, 3.8) is 0 Å². The molecule has 0 spiro atoms. The van der Waals surface area contributed by atoms with E-state index in [9.17, 15) is 0 Å². The zero-order valence-electron chi connectivity index (χ0n) is 16.4. The van der Waals surface area contributed by atoms with Crippen molar-refractivity contribution in [2.45, 2.75) is 9.79 Å². The van der Waals surface area contributed by atoms with Gasteiger partial charge in [-0.2, -0.15) is 0 Å². The zero-order chi connectivity index (χ0) is 21.5. The topological polar surface area (TPSA) is 44.2 Å². The van der Waals surface area contributed by atoms with Crippen LogP contribution in [0, 0.1) is 24.7 Å². The maximum atomic E-state index is 5.76. The normalized spacial score (nSPS) is 10.0. The Balaban J connectivity index is 1.38. The van der Waals surface area contributed by atoms with Gasteiger partial charge in [-0.25, -0.2) is 9.97 Å². The molecule has 0 saturated carbocycles. The van der Waals surface area contributed by atoms with Crippen LogP contribution in [0.1, 0.15) is 11.4 Å². The van der Waals surface area contributed by atoms with Gasteiger partial charge < -0.3 is 9.47 Å². The highest BCUT2D eigenvalue weighted by Crippen LogP contribution is 2.31. The summed E-state index contributed by atoms with van der Waals surface area (Å²) in [6.45, 7) is 0. The minimum atomic E-state index is 0.466. The first kappa shape index (κ1) is 20.1. The van der Waals surface area contributed by atoms with Gasteiger partial charge in [0.2, 0.25) is 11.8 Å². The highest BCUT2D eigenvalue weighted by Gasteiger charge is 2.04. The molecule has 0 aliphatic rings. The molecule has 0 saturated heterocycles. The van der Waals surface area contributed by atoms with Gasteiger partial charge in [0, 0.05) is 21.9 Å². The number of aromatic nitrogens is 2. The molecular formula is C26H16N2O2S. The van der Waals surface area contributed by atoms with Gasteiger partial charge in [0.15, 0.2) is 0 Å². The average molecular weight is 420 g/mol. The summed E-state index contributed by atoms with van der Waals surface area (Å²) in [5.41, 5.74) is 1.08. The Hall–Kier alpha value is -4.19. The van der Waals surface area contributed by atoms with Gasteiger partial charge in [0.05, 0.1) is 0 Å². The number of rotatable bonds is 6. The molecule has 0 amide bonds. The Bertz CT molecular complexity index is 1170. The predicted octanol–water partition coefficient (Wildman–Crippen LogP) is 6.18. The van der Waals surface area contributed by atoms with E-state index >= 15 is 0 Å². The Kier molecular flexibility index (Phi) is 6.18. The lowest BCUT2D eigenvalue weighted by Gasteiger charge is -2.08. The summed E-state index contributed by atoms with van der Waals surface area (Å²) < 4.78 is 11.5. The fourth-order valence-electron chi connectivity index (χ4n) is 2.63. The highest BCUT2D eigenvalue weighted by atomic mass is 32.2. The molecule has 0 N–H and O–H groups in total. The summed E-state index contributed by atoms with van der Waals surface area (Å²) >= 11 is 1.63. The second-order valence-corrected chi connectivity index (χ2v) is 7.41. The number of benzene rings is 2. The lowest BCUT2D eigenvalue weighted by molar-refractivity contribution is 0.462. The summed E-state index contributed by atoms with van der Waals surface area (Å²) in [5.74, 6) is 7.31. The molecule has 4 nitrogen and oxygen atoms in total. The summed E-state index contributed by atoms with van der Waals surface area (Å²) in [6, 6.07) is 26.2. The summed E-state index contributed by atoms with van der Waals surface area (Å²) in [6.07, 6.45) is 10.8. The van der Waals surface area contributed by atoms with Crippen molar-refractivity contribution in [3.8, 4) is 47.9 Å². The van der Waals surface area contributed by atoms with Crippen LogP contribution in [0.25, 0.3) is 0 Å². The minimum absolute atomic E-state index is 0.466. The van der Waals surface area contributed by atoms with Crippen LogP contribution in [0.5, 0.6) is 23.3 Å². The average Bonchev–Trinajstić information content (AvgIpc) is 2.82. The van der Waals surface area contributed by atoms with Gasteiger partial charge >= 0.3 is 0 Å². The summed E-state index contributed by atoms with van der Waals surface area (Å²) in [7, 11) is 0. The molecule has 0 atom stereocenters. The molecule has 2 heterocycles. The van der Waals surface area contributed by atoms with E-state index in [2.05, 4.69) is 21.8 Å². The van der Waals surface area contributed by atoms with E-state index in [0.29, 0.717) is 34.6 Å². The molecular weight excluding hydrogens is 404 g/mol. The summed E-state index contributed by atoms with van der Waals surface area (Å²) in [5, 5.41) is 0. The Morgan fingerprint density at radius 2 is 1.00 bits per heavy atom. The van der Waals surface area contributed by atoms with Gasteiger partial charge in [-0.3, -0.25) is 0 Å². The van der Waals surface area contributed by atoms with Crippen LogP contribution in [0.2, 0.25) is 0 Å². The highest BCUT2D eigenvalue weighted by molar-refractivity contribution is 7.99. The predicted molar refractivity (Wildman–Crippen MR) is 121 cm³/mol. The molecule has 2 aromatic carbocycles. The Morgan fingerprint density at radius 3 is 1.39 bits per heavy atom. The van der Waals surface area contributed by atoms with Gasteiger partial charge in [-0.05, 0) is 60.7 Å². The fourth-order valence-corrected chi connectivity index (χ4v) is 3.45. The van der Waals surface area contributed by atoms with E-state index in [-0.39, 0.29) is 0 Å². The zero-order valence-corrected chi connectivity index (χ0v) is 17.2. The molecule has 2 aromatic heterocycles. The van der Waals surface area contributed by atoms with Crippen molar-refractivity contribution in [2.75, 3.05) is 0 Å². The van der Waals surface area contributed by atoms with E-state index in [0.717, 1.165) is 9.79 Å². The number of hydrogen-bond acceptors (Lipinski definition) is 5. The molecule has 0 bridgehead atoms. The van der Waals surface area contributed by atoms with E-state index in [1.54, 1.807) is 36.0 Å². The second-order valence-electron chi connectivity index (χ2n) is 6.26. The van der Waals surface area contributed by atoms with Gasteiger partial charge in [0.1, 0.15) is 22.9 Å². The SMILES string of the molecule is C#Cc1cccc(Oc2ccc(Sc3ccc(Oc4cccc(C#C)n4)cc3)cc2)n1. The molecule has 5 heteroatoms. The molecule has 0 fully saturated rings. The van der Waals surface area contributed by atoms with E-state index < -0.39 is 0 Å². The van der Waals surface area contributed by atoms with E-state index in [4.69, 9.17) is 22.3 Å². The number of ether oxygens (including phenoxy) is 2. The molecule has 31 heavy (non-hydrogen) atoms. The lowest BCUT2D eigenvalue weighted by atomic mass is 10.3. The molecule has 0 radical (unpaired) electrons. The van der Waals surface area contributed by atoms with Crippen molar-refractivity contribution in [1.29, 1.82) is 0 Å².